The molecule has 1 amide bonds. The molecule has 0 aliphatic carbocycles. The second-order valence-electron chi connectivity index (χ2n) is 4.43. The molecular weight excluding hydrogens is 310 g/mol. The number of ether oxygens (including phenoxy) is 1. The van der Waals surface area contributed by atoms with E-state index in [0.29, 0.717) is 11.7 Å². The first-order valence-electron chi connectivity index (χ1n) is 6.79. The Morgan fingerprint density at radius 1 is 1.48 bits per heavy atom. The highest BCUT2D eigenvalue weighted by Gasteiger charge is 2.15. The summed E-state index contributed by atoms with van der Waals surface area (Å²) in [5.74, 6) is -0.172. The quantitative estimate of drug-likeness (QED) is 0.532. The molecule has 0 unspecified atom stereocenters. The smallest absolute Gasteiger partial charge is 0.244 e. The number of anilines is 1. The molecule has 0 radical (unpaired) electrons. The number of hydrogen-bond donors (Lipinski definition) is 3. The molecule has 1 aliphatic rings. The van der Waals surface area contributed by atoms with Crippen LogP contribution in [0.15, 0.2) is 5.38 Å². The molecule has 3 N–H and O–H groups in total. The van der Waals surface area contributed by atoms with Gasteiger partial charge in [0.05, 0.1) is 25.3 Å². The van der Waals surface area contributed by atoms with Crippen LogP contribution in [0.2, 0.25) is 0 Å². The van der Waals surface area contributed by atoms with E-state index in [1.54, 1.807) is 11.3 Å². The Labute approximate surface area is 133 Å². The van der Waals surface area contributed by atoms with Crippen LogP contribution in [0, 0.1) is 0 Å². The van der Waals surface area contributed by atoms with Gasteiger partial charge in [-0.25, -0.2) is 4.98 Å². The first-order valence-corrected chi connectivity index (χ1v) is 8.07. The molecule has 9 heteroatoms. The van der Waals surface area contributed by atoms with Crippen molar-refractivity contribution in [3.05, 3.63) is 11.1 Å². The SMILES string of the molecule is CCNC(=S)NNC(=O)Cc1csc(N2CCOCC2)n1. The van der Waals surface area contributed by atoms with Crippen molar-refractivity contribution in [1.82, 2.24) is 21.2 Å². The third-order valence-corrected chi connectivity index (χ3v) is 4.01. The van der Waals surface area contributed by atoms with Gasteiger partial charge in [0.2, 0.25) is 5.91 Å². The zero-order valence-electron chi connectivity index (χ0n) is 11.8. The number of nitrogens with zero attached hydrogens (tertiary/aromatic N) is 2. The molecule has 116 valence electrons. The van der Waals surface area contributed by atoms with Crippen molar-refractivity contribution in [2.24, 2.45) is 0 Å². The molecule has 1 fully saturated rings. The summed E-state index contributed by atoms with van der Waals surface area (Å²) in [4.78, 5) is 18.4. The highest BCUT2D eigenvalue weighted by molar-refractivity contribution is 7.80. The lowest BCUT2D eigenvalue weighted by Gasteiger charge is -2.26. The Morgan fingerprint density at radius 3 is 2.95 bits per heavy atom. The minimum atomic E-state index is -0.172. The molecule has 21 heavy (non-hydrogen) atoms. The Morgan fingerprint density at radius 2 is 2.24 bits per heavy atom. The highest BCUT2D eigenvalue weighted by Crippen LogP contribution is 2.21. The van der Waals surface area contributed by atoms with Crippen LogP contribution in [0.5, 0.6) is 0 Å². The van der Waals surface area contributed by atoms with Gasteiger partial charge in [0.15, 0.2) is 10.2 Å². The van der Waals surface area contributed by atoms with Crippen LogP contribution in [0.25, 0.3) is 0 Å². The van der Waals surface area contributed by atoms with E-state index in [1.165, 1.54) is 0 Å². The van der Waals surface area contributed by atoms with E-state index >= 15 is 0 Å². The molecule has 2 heterocycles. The Kier molecular flexibility index (Phi) is 6.15. The summed E-state index contributed by atoms with van der Waals surface area (Å²) in [6, 6.07) is 0. The van der Waals surface area contributed by atoms with Crippen molar-refractivity contribution in [3.63, 3.8) is 0 Å². The molecular formula is C12H19N5O2S2. The first-order chi connectivity index (χ1) is 10.2. The van der Waals surface area contributed by atoms with Gasteiger partial charge in [0.25, 0.3) is 0 Å². The molecule has 0 spiro atoms. The van der Waals surface area contributed by atoms with Crippen molar-refractivity contribution < 1.29 is 9.53 Å². The lowest BCUT2D eigenvalue weighted by molar-refractivity contribution is -0.121. The van der Waals surface area contributed by atoms with E-state index in [4.69, 9.17) is 17.0 Å². The summed E-state index contributed by atoms with van der Waals surface area (Å²) in [6.07, 6.45) is 0.225. The van der Waals surface area contributed by atoms with Gasteiger partial charge in [0, 0.05) is 25.0 Å². The van der Waals surface area contributed by atoms with Gasteiger partial charge in [0.1, 0.15) is 0 Å². The third kappa shape index (κ3) is 5.10. The number of hydrogen-bond acceptors (Lipinski definition) is 6. The second-order valence-corrected chi connectivity index (χ2v) is 5.68. The fourth-order valence-corrected chi connectivity index (χ4v) is 2.89. The number of amides is 1. The van der Waals surface area contributed by atoms with Gasteiger partial charge in [-0.05, 0) is 19.1 Å². The van der Waals surface area contributed by atoms with Crippen molar-refractivity contribution in [3.8, 4) is 0 Å². The van der Waals surface area contributed by atoms with Crippen LogP contribution in [0.4, 0.5) is 5.13 Å². The van der Waals surface area contributed by atoms with Crippen molar-refractivity contribution in [1.29, 1.82) is 0 Å². The zero-order chi connectivity index (χ0) is 15.1. The van der Waals surface area contributed by atoms with Crippen LogP contribution in [0.1, 0.15) is 12.6 Å². The molecule has 1 saturated heterocycles. The van der Waals surface area contributed by atoms with E-state index in [2.05, 4.69) is 26.1 Å². The van der Waals surface area contributed by atoms with Crippen molar-refractivity contribution in [2.75, 3.05) is 37.7 Å². The molecule has 1 aliphatic heterocycles. The summed E-state index contributed by atoms with van der Waals surface area (Å²) in [5, 5.41) is 6.14. The minimum absolute atomic E-state index is 0.172. The van der Waals surface area contributed by atoms with Crippen LogP contribution in [-0.4, -0.2) is 48.9 Å². The van der Waals surface area contributed by atoms with Crippen molar-refractivity contribution in [2.45, 2.75) is 13.3 Å². The van der Waals surface area contributed by atoms with Crippen LogP contribution in [0.3, 0.4) is 0 Å². The number of nitrogens with one attached hydrogen (secondary N) is 3. The van der Waals surface area contributed by atoms with Crippen LogP contribution >= 0.6 is 23.6 Å². The number of thiocarbonyl (C=S) groups is 1. The summed E-state index contributed by atoms with van der Waals surface area (Å²) in [7, 11) is 0. The Hall–Kier alpha value is -1.45. The van der Waals surface area contributed by atoms with Gasteiger partial charge >= 0.3 is 0 Å². The molecule has 1 aromatic rings. The molecule has 2 rings (SSSR count). The van der Waals surface area contributed by atoms with Gasteiger partial charge in [-0.1, -0.05) is 0 Å². The lowest BCUT2D eigenvalue weighted by Crippen LogP contribution is -2.47. The standard InChI is InChI=1S/C12H19N5O2S2/c1-2-13-11(20)16-15-10(18)7-9-8-21-12(14-9)17-3-5-19-6-4-17/h8H,2-7H2,1H3,(H,15,18)(H2,13,16,20). The Balaban J connectivity index is 1.78. The highest BCUT2D eigenvalue weighted by atomic mass is 32.1. The van der Waals surface area contributed by atoms with Gasteiger partial charge in [-0.15, -0.1) is 11.3 Å². The summed E-state index contributed by atoms with van der Waals surface area (Å²) < 4.78 is 5.31. The van der Waals surface area contributed by atoms with E-state index in [1.807, 2.05) is 12.3 Å². The minimum Gasteiger partial charge on any atom is -0.378 e. The summed E-state index contributed by atoms with van der Waals surface area (Å²) in [6.45, 7) is 5.77. The van der Waals surface area contributed by atoms with Gasteiger partial charge in [-0.3, -0.25) is 15.6 Å². The van der Waals surface area contributed by atoms with Gasteiger partial charge in [-0.2, -0.15) is 0 Å². The maximum atomic E-state index is 11.8. The maximum absolute atomic E-state index is 11.8. The fourth-order valence-electron chi connectivity index (χ4n) is 1.82. The number of thiazole rings is 1. The lowest BCUT2D eigenvalue weighted by atomic mass is 10.3. The summed E-state index contributed by atoms with van der Waals surface area (Å²) >= 11 is 6.51. The monoisotopic (exact) mass is 329 g/mol. The van der Waals surface area contributed by atoms with Gasteiger partial charge < -0.3 is 15.0 Å². The molecule has 7 nitrogen and oxygen atoms in total. The molecule has 0 atom stereocenters. The van der Waals surface area contributed by atoms with Crippen molar-refractivity contribution >= 4 is 39.7 Å². The topological polar surface area (TPSA) is 78.5 Å². The van der Waals surface area contributed by atoms with E-state index in [9.17, 15) is 4.79 Å². The van der Waals surface area contributed by atoms with E-state index in [0.717, 1.165) is 37.1 Å². The third-order valence-electron chi connectivity index (χ3n) is 2.82. The fraction of sp³-hybridized carbons (Fsp3) is 0.583. The Bertz CT molecular complexity index is 488. The normalized spacial score (nSPS) is 14.6. The average molecular weight is 329 g/mol. The molecule has 1 aromatic heterocycles. The van der Waals surface area contributed by atoms with Crippen LogP contribution in [-0.2, 0) is 16.0 Å². The molecule has 0 bridgehead atoms. The number of rotatable bonds is 4. The number of carbonyl (C=O) groups is 1. The summed E-state index contributed by atoms with van der Waals surface area (Å²) in [5.41, 5.74) is 5.95. The number of hydrazine groups is 1. The zero-order valence-corrected chi connectivity index (χ0v) is 13.5. The first kappa shape index (κ1) is 15.9. The largest absolute Gasteiger partial charge is 0.378 e. The number of aromatic nitrogens is 1. The van der Waals surface area contributed by atoms with E-state index < -0.39 is 0 Å². The second kappa shape index (κ2) is 8.11. The van der Waals surface area contributed by atoms with E-state index in [-0.39, 0.29) is 12.3 Å². The molecule has 0 aromatic carbocycles. The predicted octanol–water partition coefficient (Wildman–Crippen LogP) is 0.0374. The molecule has 0 saturated carbocycles. The van der Waals surface area contributed by atoms with Crippen LogP contribution < -0.4 is 21.1 Å². The average Bonchev–Trinajstić information content (AvgIpc) is 2.95. The predicted molar refractivity (Wildman–Crippen MR) is 86.4 cm³/mol. The number of morpholine rings is 1. The number of carbonyl (C=O) groups excluding carboxylic acids is 1. The maximum Gasteiger partial charge on any atom is 0.244 e.